The zero-order valence-corrected chi connectivity index (χ0v) is 6.30. The average molecular weight is 159 g/mol. The summed E-state index contributed by atoms with van der Waals surface area (Å²) in [5.41, 5.74) is 9.73. The van der Waals surface area contributed by atoms with Crippen LogP contribution in [0.2, 0.25) is 0 Å². The average Bonchev–Trinajstić information content (AvgIpc) is 1.85. The molecule has 0 unspecified atom stereocenters. The van der Waals surface area contributed by atoms with Crippen LogP contribution in [0.4, 0.5) is 0 Å². The lowest BCUT2D eigenvalue weighted by Crippen LogP contribution is -2.25. The molecule has 0 aliphatic rings. The molecule has 0 atom stereocenters. The largest absolute Gasteiger partial charge is 0.370 e. The summed E-state index contributed by atoms with van der Waals surface area (Å²) in [5.74, 6) is -0.701. The smallest absolute Gasteiger partial charge is 0.218 e. The monoisotopic (exact) mass is 159 g/mol. The van der Waals surface area contributed by atoms with E-state index in [0.717, 1.165) is 0 Å². The van der Waals surface area contributed by atoms with Gasteiger partial charge in [-0.2, -0.15) is 0 Å². The highest BCUT2D eigenvalue weighted by molar-refractivity contribution is 5.74. The van der Waals surface area contributed by atoms with Gasteiger partial charge in [0.15, 0.2) is 0 Å². The summed E-state index contributed by atoms with van der Waals surface area (Å²) in [6, 6.07) is 0. The summed E-state index contributed by atoms with van der Waals surface area (Å²) in [4.78, 5) is 20.4. The molecule has 11 heavy (non-hydrogen) atoms. The van der Waals surface area contributed by atoms with E-state index in [-0.39, 0.29) is 11.8 Å². The highest BCUT2D eigenvalue weighted by Gasteiger charge is 1.94. The molecule has 0 saturated carbocycles. The summed E-state index contributed by atoms with van der Waals surface area (Å²) in [6.07, 6.45) is 0.581. The summed E-state index contributed by atoms with van der Waals surface area (Å²) < 4.78 is 0. The molecule has 5 N–H and O–H groups in total. The highest BCUT2D eigenvalue weighted by Crippen LogP contribution is 1.75. The number of nitrogens with one attached hydrogen (secondary N) is 1. The number of rotatable bonds is 6. The molecule has 0 spiro atoms. The van der Waals surface area contributed by atoms with Crippen molar-refractivity contribution in [3.05, 3.63) is 0 Å². The number of nitrogens with two attached hydrogens (primary N) is 2. The van der Waals surface area contributed by atoms with Crippen molar-refractivity contribution in [1.82, 2.24) is 5.32 Å². The molecule has 0 bridgehead atoms. The van der Waals surface area contributed by atoms with E-state index in [4.69, 9.17) is 11.5 Å². The molecule has 64 valence electrons. The first-order chi connectivity index (χ1) is 5.13. The SMILES string of the molecule is NC(=O)CCNCCC(N)=O. The van der Waals surface area contributed by atoms with Gasteiger partial charge in [0.25, 0.3) is 0 Å². The van der Waals surface area contributed by atoms with Crippen LogP contribution in [-0.2, 0) is 9.59 Å². The van der Waals surface area contributed by atoms with E-state index in [9.17, 15) is 9.59 Å². The summed E-state index contributed by atoms with van der Waals surface area (Å²) in [5, 5.41) is 2.85. The lowest BCUT2D eigenvalue weighted by atomic mass is 10.3. The Kier molecular flexibility index (Phi) is 5.10. The van der Waals surface area contributed by atoms with Crippen LogP contribution in [0, 0.1) is 0 Å². The Bertz CT molecular complexity index is 131. The Labute approximate surface area is 65.1 Å². The number of carbonyl (C=O) groups excluding carboxylic acids is 2. The van der Waals surface area contributed by atoms with Crippen LogP contribution in [0.3, 0.4) is 0 Å². The van der Waals surface area contributed by atoms with Crippen molar-refractivity contribution < 1.29 is 9.59 Å². The summed E-state index contributed by atoms with van der Waals surface area (Å²) in [7, 11) is 0. The standard InChI is InChI=1S/C6H13N3O2/c7-5(10)1-3-9-4-2-6(8)11/h9H,1-4H2,(H2,7,10)(H2,8,11). The Morgan fingerprint density at radius 1 is 1.00 bits per heavy atom. The lowest BCUT2D eigenvalue weighted by molar-refractivity contribution is -0.118. The molecule has 5 heteroatoms. The van der Waals surface area contributed by atoms with Gasteiger partial charge in [0.2, 0.25) is 11.8 Å². The van der Waals surface area contributed by atoms with Gasteiger partial charge in [-0.25, -0.2) is 0 Å². The molecule has 0 aromatic rings. The zero-order valence-electron chi connectivity index (χ0n) is 6.30. The van der Waals surface area contributed by atoms with Crippen LogP contribution < -0.4 is 16.8 Å². The van der Waals surface area contributed by atoms with Gasteiger partial charge >= 0.3 is 0 Å². The molecule has 0 heterocycles. The minimum absolute atomic E-state index is 0.290. The van der Waals surface area contributed by atoms with Crippen molar-refractivity contribution in [3.63, 3.8) is 0 Å². The van der Waals surface area contributed by atoms with E-state index in [1.165, 1.54) is 0 Å². The Hall–Kier alpha value is -1.10. The Morgan fingerprint density at radius 2 is 1.36 bits per heavy atom. The van der Waals surface area contributed by atoms with E-state index in [1.54, 1.807) is 0 Å². The third-order valence-electron chi connectivity index (χ3n) is 1.10. The van der Waals surface area contributed by atoms with Crippen molar-refractivity contribution in [2.24, 2.45) is 11.5 Å². The second-order valence-corrected chi connectivity index (χ2v) is 2.18. The van der Waals surface area contributed by atoms with Crippen LogP contribution in [-0.4, -0.2) is 24.9 Å². The van der Waals surface area contributed by atoms with Crippen molar-refractivity contribution in [3.8, 4) is 0 Å². The second kappa shape index (κ2) is 5.67. The molecular weight excluding hydrogens is 146 g/mol. The number of primary amides is 2. The van der Waals surface area contributed by atoms with Gasteiger partial charge in [-0.15, -0.1) is 0 Å². The van der Waals surface area contributed by atoms with E-state index in [2.05, 4.69) is 5.32 Å². The van der Waals surface area contributed by atoms with Gasteiger partial charge in [0.05, 0.1) is 0 Å². The van der Waals surface area contributed by atoms with E-state index < -0.39 is 0 Å². The third-order valence-corrected chi connectivity index (χ3v) is 1.10. The first-order valence-electron chi connectivity index (χ1n) is 3.40. The van der Waals surface area contributed by atoms with Crippen LogP contribution in [0.15, 0.2) is 0 Å². The van der Waals surface area contributed by atoms with Crippen LogP contribution in [0.1, 0.15) is 12.8 Å². The molecular formula is C6H13N3O2. The van der Waals surface area contributed by atoms with E-state index >= 15 is 0 Å². The third kappa shape index (κ3) is 8.90. The van der Waals surface area contributed by atoms with E-state index in [1.807, 2.05) is 0 Å². The minimum atomic E-state index is -0.350. The predicted octanol–water partition coefficient (Wildman–Crippen LogP) is -1.67. The lowest BCUT2D eigenvalue weighted by Gasteiger charge is -1.99. The fourth-order valence-electron chi connectivity index (χ4n) is 0.548. The Balaban J connectivity index is 3.03. The van der Waals surface area contributed by atoms with Gasteiger partial charge in [0.1, 0.15) is 0 Å². The molecule has 0 rings (SSSR count). The van der Waals surface area contributed by atoms with Crippen LogP contribution in [0.5, 0.6) is 0 Å². The molecule has 0 aliphatic heterocycles. The maximum atomic E-state index is 10.2. The van der Waals surface area contributed by atoms with Crippen LogP contribution >= 0.6 is 0 Å². The quantitative estimate of drug-likeness (QED) is 0.404. The zero-order chi connectivity index (χ0) is 8.69. The molecule has 0 fully saturated rings. The van der Waals surface area contributed by atoms with Crippen molar-refractivity contribution in [2.75, 3.05) is 13.1 Å². The van der Waals surface area contributed by atoms with Gasteiger partial charge < -0.3 is 16.8 Å². The number of carbonyl (C=O) groups is 2. The van der Waals surface area contributed by atoms with E-state index in [0.29, 0.717) is 25.9 Å². The molecule has 0 radical (unpaired) electrons. The number of amides is 2. The molecule has 0 aliphatic carbocycles. The number of hydrogen-bond donors (Lipinski definition) is 3. The van der Waals surface area contributed by atoms with Gasteiger partial charge in [-0.1, -0.05) is 0 Å². The highest BCUT2D eigenvalue weighted by atomic mass is 16.1. The molecule has 0 saturated heterocycles. The van der Waals surface area contributed by atoms with Crippen molar-refractivity contribution >= 4 is 11.8 Å². The van der Waals surface area contributed by atoms with Crippen molar-refractivity contribution in [1.29, 1.82) is 0 Å². The topological polar surface area (TPSA) is 98.2 Å². The maximum absolute atomic E-state index is 10.2. The first-order valence-corrected chi connectivity index (χ1v) is 3.40. The van der Waals surface area contributed by atoms with Gasteiger partial charge in [-0.3, -0.25) is 9.59 Å². The fraction of sp³-hybridized carbons (Fsp3) is 0.667. The van der Waals surface area contributed by atoms with Gasteiger partial charge in [0, 0.05) is 25.9 Å². The maximum Gasteiger partial charge on any atom is 0.218 e. The molecule has 0 aromatic carbocycles. The fourth-order valence-corrected chi connectivity index (χ4v) is 0.548. The van der Waals surface area contributed by atoms with Gasteiger partial charge in [-0.05, 0) is 0 Å². The predicted molar refractivity (Wildman–Crippen MR) is 40.5 cm³/mol. The first kappa shape index (κ1) is 9.90. The minimum Gasteiger partial charge on any atom is -0.370 e. The second-order valence-electron chi connectivity index (χ2n) is 2.18. The summed E-state index contributed by atoms with van der Waals surface area (Å²) >= 11 is 0. The van der Waals surface area contributed by atoms with Crippen LogP contribution in [0.25, 0.3) is 0 Å². The Morgan fingerprint density at radius 3 is 1.64 bits per heavy atom. The normalized spacial score (nSPS) is 9.45. The summed E-state index contributed by atoms with van der Waals surface area (Å²) in [6.45, 7) is 1.01. The molecule has 0 aromatic heterocycles. The molecule has 5 nitrogen and oxygen atoms in total. The number of hydrogen-bond acceptors (Lipinski definition) is 3. The molecule has 2 amide bonds. The van der Waals surface area contributed by atoms with Crippen molar-refractivity contribution in [2.45, 2.75) is 12.8 Å².